The molecule has 0 unspecified atom stereocenters. The Morgan fingerprint density at radius 1 is 0.809 bits per heavy atom. The molecule has 4 rings (SSSR count). The van der Waals surface area contributed by atoms with E-state index in [9.17, 15) is 18.0 Å². The van der Waals surface area contributed by atoms with Gasteiger partial charge in [0.15, 0.2) is 0 Å². The van der Waals surface area contributed by atoms with Gasteiger partial charge in [-0.05, 0) is 80.4 Å². The average Bonchev–Trinajstić information content (AvgIpc) is 3.05. The molecule has 0 fully saturated rings. The Labute approximate surface area is 285 Å². The number of rotatable bonds is 13. The maximum absolute atomic E-state index is 14.6. The molecule has 248 valence electrons. The van der Waals surface area contributed by atoms with Gasteiger partial charge in [-0.3, -0.25) is 13.9 Å². The van der Waals surface area contributed by atoms with Crippen molar-refractivity contribution < 1.29 is 27.5 Å². The van der Waals surface area contributed by atoms with E-state index >= 15 is 0 Å². The molecule has 0 spiro atoms. The predicted molar refractivity (Wildman–Crippen MR) is 187 cm³/mol. The molecule has 0 heterocycles. The van der Waals surface area contributed by atoms with Gasteiger partial charge in [0.1, 0.15) is 24.1 Å². The lowest BCUT2D eigenvalue weighted by Gasteiger charge is -2.35. The van der Waals surface area contributed by atoms with Crippen LogP contribution in [0.25, 0.3) is 0 Å². The van der Waals surface area contributed by atoms with Crippen molar-refractivity contribution in [1.82, 2.24) is 10.2 Å². The van der Waals surface area contributed by atoms with E-state index in [0.717, 1.165) is 19.9 Å². The second-order valence-electron chi connectivity index (χ2n) is 12.0. The summed E-state index contributed by atoms with van der Waals surface area (Å²) in [6, 6.07) is 28.4. The van der Waals surface area contributed by atoms with E-state index in [1.165, 1.54) is 31.3 Å². The fourth-order valence-electron chi connectivity index (χ4n) is 5.02. The van der Waals surface area contributed by atoms with Crippen LogP contribution < -0.4 is 19.1 Å². The summed E-state index contributed by atoms with van der Waals surface area (Å²) in [5, 5.41) is 3.04. The van der Waals surface area contributed by atoms with Gasteiger partial charge in [0, 0.05) is 23.0 Å². The molecule has 9 nitrogen and oxygen atoms in total. The van der Waals surface area contributed by atoms with E-state index in [2.05, 4.69) is 21.2 Å². The molecule has 1 atom stereocenters. The molecule has 0 aromatic heterocycles. The minimum absolute atomic E-state index is 0.0391. The first-order chi connectivity index (χ1) is 22.3. The van der Waals surface area contributed by atoms with Gasteiger partial charge in [-0.25, -0.2) is 8.42 Å². The largest absolute Gasteiger partial charge is 0.497 e. The Kier molecular flexibility index (Phi) is 11.7. The van der Waals surface area contributed by atoms with Crippen LogP contribution in [0, 0.1) is 0 Å². The monoisotopic (exact) mass is 721 g/mol. The molecule has 0 saturated carbocycles. The van der Waals surface area contributed by atoms with Crippen molar-refractivity contribution >= 4 is 43.5 Å². The summed E-state index contributed by atoms with van der Waals surface area (Å²) in [7, 11) is -1.38. The molecule has 0 bridgehead atoms. The number of nitrogens with one attached hydrogen (secondary N) is 1. The van der Waals surface area contributed by atoms with Crippen molar-refractivity contribution in [3.63, 3.8) is 0 Å². The first-order valence-electron chi connectivity index (χ1n) is 15.0. The van der Waals surface area contributed by atoms with E-state index < -0.39 is 34.1 Å². The molecule has 0 aliphatic carbocycles. The number of benzene rings is 4. The minimum atomic E-state index is -4.31. The van der Waals surface area contributed by atoms with Gasteiger partial charge in [0.2, 0.25) is 11.8 Å². The smallest absolute Gasteiger partial charge is 0.264 e. The third-order valence-electron chi connectivity index (χ3n) is 7.32. The average molecular weight is 723 g/mol. The van der Waals surface area contributed by atoms with Gasteiger partial charge in [0.05, 0.1) is 24.8 Å². The van der Waals surface area contributed by atoms with Crippen LogP contribution in [0.15, 0.2) is 112 Å². The number of methoxy groups -OCH3 is 2. The molecular formula is C36H40BrN3O6S. The van der Waals surface area contributed by atoms with Crippen molar-refractivity contribution in [2.24, 2.45) is 0 Å². The van der Waals surface area contributed by atoms with Gasteiger partial charge in [-0.1, -0.05) is 70.5 Å². The topological polar surface area (TPSA) is 105 Å². The lowest BCUT2D eigenvalue weighted by molar-refractivity contribution is -0.140. The maximum atomic E-state index is 14.6. The van der Waals surface area contributed by atoms with Crippen molar-refractivity contribution in [3.8, 4) is 11.5 Å². The number of ether oxygens (including phenoxy) is 2. The second kappa shape index (κ2) is 15.5. The zero-order valence-corrected chi connectivity index (χ0v) is 29.5. The zero-order valence-electron chi connectivity index (χ0n) is 27.1. The highest BCUT2D eigenvalue weighted by atomic mass is 79.9. The van der Waals surface area contributed by atoms with Crippen LogP contribution in [0.3, 0.4) is 0 Å². The number of sulfonamides is 1. The molecule has 2 amide bonds. The van der Waals surface area contributed by atoms with E-state index in [0.29, 0.717) is 5.75 Å². The van der Waals surface area contributed by atoms with Crippen molar-refractivity contribution in [2.45, 2.75) is 50.2 Å². The highest BCUT2D eigenvalue weighted by Crippen LogP contribution is 2.33. The predicted octanol–water partition coefficient (Wildman–Crippen LogP) is 6.22. The van der Waals surface area contributed by atoms with Crippen molar-refractivity contribution in [1.29, 1.82) is 0 Å². The molecule has 1 N–H and O–H groups in total. The second-order valence-corrected chi connectivity index (χ2v) is 14.7. The Bertz CT molecular complexity index is 1760. The van der Waals surface area contributed by atoms with Crippen LogP contribution in [0.4, 0.5) is 5.69 Å². The van der Waals surface area contributed by atoms with Crippen LogP contribution >= 0.6 is 15.9 Å². The highest BCUT2D eigenvalue weighted by Gasteiger charge is 2.36. The van der Waals surface area contributed by atoms with E-state index in [4.69, 9.17) is 9.47 Å². The van der Waals surface area contributed by atoms with E-state index in [1.807, 2.05) is 75.4 Å². The number of nitrogens with zero attached hydrogens (tertiary/aromatic N) is 2. The molecular weight excluding hydrogens is 682 g/mol. The quantitative estimate of drug-likeness (QED) is 0.176. The molecule has 4 aromatic rings. The fourth-order valence-corrected chi connectivity index (χ4v) is 6.71. The van der Waals surface area contributed by atoms with Crippen LogP contribution in [-0.4, -0.2) is 57.5 Å². The zero-order chi connectivity index (χ0) is 34.2. The van der Waals surface area contributed by atoms with Crippen LogP contribution in [0.1, 0.15) is 31.9 Å². The number of hydrogen-bond acceptors (Lipinski definition) is 6. The van der Waals surface area contributed by atoms with Crippen molar-refractivity contribution in [3.05, 3.63) is 119 Å². The van der Waals surface area contributed by atoms with Gasteiger partial charge in [-0.2, -0.15) is 0 Å². The molecule has 0 aliphatic heterocycles. The number of carbonyl (C=O) groups excluding carboxylic acids is 2. The number of halogens is 1. The molecule has 47 heavy (non-hydrogen) atoms. The fraction of sp³-hybridized carbons (Fsp3) is 0.278. The Balaban J connectivity index is 1.84. The van der Waals surface area contributed by atoms with Gasteiger partial charge in [-0.15, -0.1) is 0 Å². The maximum Gasteiger partial charge on any atom is 0.264 e. The number of anilines is 1. The summed E-state index contributed by atoms with van der Waals surface area (Å²) < 4.78 is 41.3. The van der Waals surface area contributed by atoms with Crippen LogP contribution in [0.5, 0.6) is 11.5 Å². The summed E-state index contributed by atoms with van der Waals surface area (Å²) in [6.07, 6.45) is 0.213. The van der Waals surface area contributed by atoms with Gasteiger partial charge < -0.3 is 19.7 Å². The Hall–Kier alpha value is -4.35. The number of para-hydroxylation sites is 2. The lowest BCUT2D eigenvalue weighted by Crippen LogP contribution is -2.56. The summed E-state index contributed by atoms with van der Waals surface area (Å²) in [6.45, 7) is 5.07. The van der Waals surface area contributed by atoms with E-state index in [-0.39, 0.29) is 35.2 Å². The number of carbonyl (C=O) groups is 2. The molecule has 0 radical (unpaired) electrons. The normalized spacial score (nSPS) is 12.1. The minimum Gasteiger partial charge on any atom is -0.497 e. The van der Waals surface area contributed by atoms with Crippen LogP contribution in [-0.2, 0) is 32.6 Å². The SMILES string of the molecule is COc1ccc(S(=O)(=O)N(CC(=O)N(Cc2ccc(Br)cc2)[C@@H](Cc2ccccc2)C(=O)NC(C)(C)C)c2ccccc2OC)cc1. The summed E-state index contributed by atoms with van der Waals surface area (Å²) in [5.41, 5.74) is 1.22. The molecule has 11 heteroatoms. The van der Waals surface area contributed by atoms with Crippen molar-refractivity contribution in [2.75, 3.05) is 25.1 Å². The van der Waals surface area contributed by atoms with Gasteiger partial charge in [0.25, 0.3) is 10.0 Å². The van der Waals surface area contributed by atoms with Crippen LogP contribution in [0.2, 0.25) is 0 Å². The highest BCUT2D eigenvalue weighted by molar-refractivity contribution is 9.10. The molecule has 0 aliphatic rings. The molecule has 0 saturated heterocycles. The third-order valence-corrected chi connectivity index (χ3v) is 9.62. The Morgan fingerprint density at radius 3 is 2.02 bits per heavy atom. The third kappa shape index (κ3) is 9.36. The first-order valence-corrected chi connectivity index (χ1v) is 17.3. The summed E-state index contributed by atoms with van der Waals surface area (Å²) >= 11 is 3.46. The standard InChI is InChI=1S/C36H40BrN3O6S/c1-36(2,3)38-35(42)32(23-26-11-7-6-8-12-26)39(24-27-15-17-28(37)18-16-27)34(41)25-40(31-13-9-10-14-33(31)46-5)47(43,44)30-21-19-29(45-4)20-22-30/h6-22,32H,23-25H2,1-5H3,(H,38,42)/t32-/m0/s1. The first kappa shape index (κ1) is 35.5. The summed E-state index contributed by atoms with van der Waals surface area (Å²) in [5.74, 6) is -0.170. The lowest BCUT2D eigenvalue weighted by atomic mass is 10.0. The van der Waals surface area contributed by atoms with E-state index in [1.54, 1.807) is 36.4 Å². The number of hydrogen-bond donors (Lipinski definition) is 1. The Morgan fingerprint density at radius 2 is 1.43 bits per heavy atom. The number of amides is 2. The molecule has 4 aromatic carbocycles. The van der Waals surface area contributed by atoms with Gasteiger partial charge >= 0.3 is 0 Å². The summed E-state index contributed by atoms with van der Waals surface area (Å²) in [4.78, 5) is 30.1.